The number of carbonyl (C=O) groups is 1. The first-order chi connectivity index (χ1) is 14.5. The summed E-state index contributed by atoms with van der Waals surface area (Å²) in [4.78, 5) is 18.8. The number of halogens is 1. The molecule has 3 N–H and O–H groups in total. The zero-order valence-corrected chi connectivity index (χ0v) is 17.7. The summed E-state index contributed by atoms with van der Waals surface area (Å²) < 4.78 is 13.4. The first kappa shape index (κ1) is 21.6. The van der Waals surface area contributed by atoms with Gasteiger partial charge >= 0.3 is 6.03 Å². The summed E-state index contributed by atoms with van der Waals surface area (Å²) in [6.07, 6.45) is 2.14. The van der Waals surface area contributed by atoms with E-state index >= 15 is 0 Å². The van der Waals surface area contributed by atoms with Crippen molar-refractivity contribution in [3.05, 3.63) is 65.0 Å². The number of aliphatic imine (C=N–C) groups is 1. The highest BCUT2D eigenvalue weighted by Crippen LogP contribution is 2.15. The van der Waals surface area contributed by atoms with Gasteiger partial charge in [0, 0.05) is 31.9 Å². The lowest BCUT2D eigenvalue weighted by Crippen LogP contribution is -2.36. The fourth-order valence-electron chi connectivity index (χ4n) is 3.38. The topological polar surface area (TPSA) is 68.8 Å². The Morgan fingerprint density at radius 3 is 2.63 bits per heavy atom. The number of guanidine groups is 1. The summed E-state index contributed by atoms with van der Waals surface area (Å²) in [5.74, 6) is 0.488. The van der Waals surface area contributed by atoms with Crippen LogP contribution in [-0.2, 0) is 13.1 Å². The van der Waals surface area contributed by atoms with Crippen LogP contribution in [0, 0.1) is 12.7 Å². The van der Waals surface area contributed by atoms with E-state index in [1.165, 1.54) is 6.07 Å². The van der Waals surface area contributed by atoms with Crippen LogP contribution >= 0.6 is 0 Å². The number of hydrogen-bond donors (Lipinski definition) is 3. The summed E-state index contributed by atoms with van der Waals surface area (Å²) in [6.45, 7) is 7.17. The van der Waals surface area contributed by atoms with Crippen LogP contribution in [0.5, 0.6) is 0 Å². The SMILES string of the molecule is CCNC(=NCc1cccc(NC(=O)N2CCCC2)c1)NCc1ccc(F)c(C)c1. The lowest BCUT2D eigenvalue weighted by Gasteiger charge is -2.16. The third kappa shape index (κ3) is 6.20. The Balaban J connectivity index is 1.59. The van der Waals surface area contributed by atoms with Gasteiger partial charge in [0.15, 0.2) is 5.96 Å². The Kier molecular flexibility index (Phi) is 7.65. The number of likely N-dealkylation sites (tertiary alicyclic amines) is 1. The van der Waals surface area contributed by atoms with E-state index in [-0.39, 0.29) is 11.8 Å². The first-order valence-electron chi connectivity index (χ1n) is 10.5. The summed E-state index contributed by atoms with van der Waals surface area (Å²) in [7, 11) is 0. The zero-order valence-electron chi connectivity index (χ0n) is 17.7. The number of nitrogens with one attached hydrogen (secondary N) is 3. The first-order valence-corrected chi connectivity index (χ1v) is 10.5. The molecule has 0 aliphatic carbocycles. The minimum atomic E-state index is -0.198. The van der Waals surface area contributed by atoms with Gasteiger partial charge in [0.25, 0.3) is 0 Å². The molecule has 3 rings (SSSR count). The van der Waals surface area contributed by atoms with Crippen LogP contribution in [0.1, 0.15) is 36.5 Å². The second-order valence-corrected chi connectivity index (χ2v) is 7.46. The van der Waals surface area contributed by atoms with Gasteiger partial charge in [0.05, 0.1) is 6.54 Å². The Labute approximate surface area is 177 Å². The number of amides is 2. The second kappa shape index (κ2) is 10.6. The van der Waals surface area contributed by atoms with E-state index in [1.807, 2.05) is 42.2 Å². The van der Waals surface area contributed by atoms with Crippen molar-refractivity contribution in [2.75, 3.05) is 25.0 Å². The fraction of sp³-hybridized carbons (Fsp3) is 0.391. The van der Waals surface area contributed by atoms with Crippen molar-refractivity contribution in [2.45, 2.75) is 39.8 Å². The van der Waals surface area contributed by atoms with Gasteiger partial charge in [-0.25, -0.2) is 14.2 Å². The van der Waals surface area contributed by atoms with E-state index < -0.39 is 0 Å². The molecule has 6 nitrogen and oxygen atoms in total. The van der Waals surface area contributed by atoms with Crippen LogP contribution in [-0.4, -0.2) is 36.5 Å². The van der Waals surface area contributed by atoms with E-state index in [0.29, 0.717) is 24.6 Å². The number of anilines is 1. The average Bonchev–Trinajstić information content (AvgIpc) is 3.28. The van der Waals surface area contributed by atoms with Gasteiger partial charge in [0.2, 0.25) is 0 Å². The smallest absolute Gasteiger partial charge is 0.321 e. The molecule has 2 amide bonds. The van der Waals surface area contributed by atoms with Crippen LogP contribution in [0.3, 0.4) is 0 Å². The van der Waals surface area contributed by atoms with E-state index in [4.69, 9.17) is 0 Å². The van der Waals surface area contributed by atoms with Crippen LogP contribution < -0.4 is 16.0 Å². The molecule has 0 bridgehead atoms. The van der Waals surface area contributed by atoms with Crippen molar-refractivity contribution in [3.63, 3.8) is 0 Å². The quantitative estimate of drug-likeness (QED) is 0.497. The highest BCUT2D eigenvalue weighted by atomic mass is 19.1. The van der Waals surface area contributed by atoms with E-state index in [1.54, 1.807) is 13.0 Å². The number of urea groups is 1. The molecule has 0 aromatic heterocycles. The van der Waals surface area contributed by atoms with Gasteiger partial charge in [-0.3, -0.25) is 0 Å². The van der Waals surface area contributed by atoms with Gasteiger partial charge in [-0.2, -0.15) is 0 Å². The summed E-state index contributed by atoms with van der Waals surface area (Å²) >= 11 is 0. The molecular formula is C23H30FN5O. The minimum absolute atomic E-state index is 0.0438. The number of aryl methyl sites for hydroxylation is 1. The van der Waals surface area contributed by atoms with Crippen molar-refractivity contribution < 1.29 is 9.18 Å². The predicted octanol–water partition coefficient (Wildman–Crippen LogP) is 4.02. The molecule has 0 spiro atoms. The molecule has 0 atom stereocenters. The maximum Gasteiger partial charge on any atom is 0.321 e. The normalized spacial score (nSPS) is 14.0. The molecule has 30 heavy (non-hydrogen) atoms. The van der Waals surface area contributed by atoms with Crippen molar-refractivity contribution in [3.8, 4) is 0 Å². The van der Waals surface area contributed by atoms with Crippen molar-refractivity contribution in [2.24, 2.45) is 4.99 Å². The Morgan fingerprint density at radius 2 is 1.90 bits per heavy atom. The predicted molar refractivity (Wildman–Crippen MR) is 119 cm³/mol. The van der Waals surface area contributed by atoms with Gasteiger partial charge in [-0.15, -0.1) is 0 Å². The van der Waals surface area contributed by atoms with Gasteiger partial charge in [-0.1, -0.05) is 24.3 Å². The molecule has 1 fully saturated rings. The van der Waals surface area contributed by atoms with Gasteiger partial charge in [-0.05, 0) is 61.6 Å². The lowest BCUT2D eigenvalue weighted by molar-refractivity contribution is 0.222. The summed E-state index contributed by atoms with van der Waals surface area (Å²) in [5, 5.41) is 9.47. The molecule has 0 saturated carbocycles. The van der Waals surface area contributed by atoms with Crippen molar-refractivity contribution in [1.29, 1.82) is 0 Å². The van der Waals surface area contributed by atoms with Crippen LogP contribution in [0.2, 0.25) is 0 Å². The minimum Gasteiger partial charge on any atom is -0.357 e. The van der Waals surface area contributed by atoms with E-state index in [0.717, 1.165) is 49.3 Å². The molecule has 1 heterocycles. The zero-order chi connectivity index (χ0) is 21.3. The maximum atomic E-state index is 13.4. The molecular weight excluding hydrogens is 381 g/mol. The molecule has 160 valence electrons. The molecule has 1 aliphatic rings. The monoisotopic (exact) mass is 411 g/mol. The lowest BCUT2D eigenvalue weighted by atomic mass is 10.1. The van der Waals surface area contributed by atoms with Crippen molar-refractivity contribution >= 4 is 17.7 Å². The fourth-order valence-corrected chi connectivity index (χ4v) is 3.38. The third-order valence-corrected chi connectivity index (χ3v) is 5.02. The highest BCUT2D eigenvalue weighted by Gasteiger charge is 2.17. The Bertz CT molecular complexity index is 893. The Morgan fingerprint density at radius 1 is 1.10 bits per heavy atom. The molecule has 0 radical (unpaired) electrons. The number of nitrogens with zero attached hydrogens (tertiary/aromatic N) is 2. The van der Waals surface area contributed by atoms with Gasteiger partial charge < -0.3 is 20.9 Å². The molecule has 7 heteroatoms. The van der Waals surface area contributed by atoms with Crippen molar-refractivity contribution in [1.82, 2.24) is 15.5 Å². The average molecular weight is 412 g/mol. The largest absolute Gasteiger partial charge is 0.357 e. The van der Waals surface area contributed by atoms with Crippen LogP contribution in [0.25, 0.3) is 0 Å². The number of hydrogen-bond acceptors (Lipinski definition) is 2. The number of benzene rings is 2. The molecule has 2 aromatic rings. The van der Waals surface area contributed by atoms with E-state index in [9.17, 15) is 9.18 Å². The molecule has 1 saturated heterocycles. The molecule has 1 aliphatic heterocycles. The highest BCUT2D eigenvalue weighted by molar-refractivity contribution is 5.89. The number of carbonyl (C=O) groups excluding carboxylic acids is 1. The Hall–Kier alpha value is -3.09. The van der Waals surface area contributed by atoms with Gasteiger partial charge in [0.1, 0.15) is 5.82 Å². The second-order valence-electron chi connectivity index (χ2n) is 7.46. The molecule has 2 aromatic carbocycles. The van der Waals surface area contributed by atoms with E-state index in [2.05, 4.69) is 20.9 Å². The summed E-state index contributed by atoms with van der Waals surface area (Å²) in [5.41, 5.74) is 3.40. The molecule has 0 unspecified atom stereocenters. The standard InChI is InChI=1S/C23H30FN5O/c1-3-25-22(27-16-19-9-10-21(24)17(2)13-19)26-15-18-7-6-8-20(14-18)28-23(30)29-11-4-5-12-29/h6-10,13-14H,3-5,11-12,15-16H2,1-2H3,(H,28,30)(H2,25,26,27). The van der Waals surface area contributed by atoms with Crippen LogP contribution in [0.4, 0.5) is 14.9 Å². The summed E-state index contributed by atoms with van der Waals surface area (Å²) in [6, 6.07) is 12.8. The third-order valence-electron chi connectivity index (χ3n) is 5.02. The maximum absolute atomic E-state index is 13.4. The number of rotatable bonds is 6. The van der Waals surface area contributed by atoms with Crippen LogP contribution in [0.15, 0.2) is 47.5 Å².